The van der Waals surface area contributed by atoms with Crippen molar-refractivity contribution in [3.63, 3.8) is 0 Å². The van der Waals surface area contributed by atoms with E-state index in [0.717, 1.165) is 12.1 Å². The fraction of sp³-hybridized carbons (Fsp3) is 0.167. The molecule has 0 radical (unpaired) electrons. The highest BCUT2D eigenvalue weighted by molar-refractivity contribution is 5.70. The van der Waals surface area contributed by atoms with Crippen molar-refractivity contribution in [2.24, 2.45) is 7.05 Å². The number of rotatable bonds is 3. The summed E-state index contributed by atoms with van der Waals surface area (Å²) < 4.78 is 27.3. The second-order valence-corrected chi connectivity index (χ2v) is 3.84. The summed E-state index contributed by atoms with van der Waals surface area (Å²) in [4.78, 5) is 10.6. The largest absolute Gasteiger partial charge is 0.481 e. The quantitative estimate of drug-likeness (QED) is 0.908. The van der Waals surface area contributed by atoms with Crippen LogP contribution in [0.4, 0.5) is 8.78 Å². The minimum atomic E-state index is -0.977. The third kappa shape index (κ3) is 2.37. The first-order chi connectivity index (χ1) is 8.47. The van der Waals surface area contributed by atoms with Crippen LogP contribution in [0.3, 0.4) is 0 Å². The second-order valence-electron chi connectivity index (χ2n) is 3.84. The number of aryl methyl sites for hydroxylation is 1. The zero-order valence-corrected chi connectivity index (χ0v) is 9.52. The highest BCUT2D eigenvalue weighted by Gasteiger charge is 2.11. The average Bonchev–Trinajstić information content (AvgIpc) is 2.63. The molecule has 1 N–H and O–H groups in total. The average molecular weight is 252 g/mol. The minimum absolute atomic E-state index is 0.173. The molecule has 94 valence electrons. The SMILES string of the molecule is Cn1nc(-c2ccc(F)c(F)c2)cc1CC(=O)O. The summed E-state index contributed by atoms with van der Waals surface area (Å²) in [7, 11) is 1.60. The maximum atomic E-state index is 13.1. The molecule has 0 spiro atoms. The number of nitrogens with zero attached hydrogens (tertiary/aromatic N) is 2. The Morgan fingerprint density at radius 1 is 1.33 bits per heavy atom. The second kappa shape index (κ2) is 4.56. The van der Waals surface area contributed by atoms with E-state index < -0.39 is 17.6 Å². The predicted molar refractivity (Wildman–Crippen MR) is 59.9 cm³/mol. The van der Waals surface area contributed by atoms with E-state index in [1.54, 1.807) is 13.1 Å². The molecule has 0 saturated heterocycles. The van der Waals surface area contributed by atoms with Crippen LogP contribution in [0.2, 0.25) is 0 Å². The van der Waals surface area contributed by atoms with E-state index in [1.165, 1.54) is 10.7 Å². The number of carboxylic acids is 1. The Morgan fingerprint density at radius 3 is 2.67 bits per heavy atom. The van der Waals surface area contributed by atoms with E-state index in [4.69, 9.17) is 5.11 Å². The molecule has 2 aromatic rings. The summed E-state index contributed by atoms with van der Waals surface area (Å²) in [6, 6.07) is 4.98. The highest BCUT2D eigenvalue weighted by atomic mass is 19.2. The van der Waals surface area contributed by atoms with Gasteiger partial charge in [0.15, 0.2) is 11.6 Å². The number of carbonyl (C=O) groups is 1. The van der Waals surface area contributed by atoms with Crippen molar-refractivity contribution in [2.75, 3.05) is 0 Å². The van der Waals surface area contributed by atoms with E-state index in [-0.39, 0.29) is 6.42 Å². The summed E-state index contributed by atoms with van der Waals surface area (Å²) in [5.74, 6) is -2.87. The fourth-order valence-corrected chi connectivity index (χ4v) is 1.62. The molecule has 2 rings (SSSR count). The minimum Gasteiger partial charge on any atom is -0.481 e. The third-order valence-electron chi connectivity index (χ3n) is 2.52. The van der Waals surface area contributed by atoms with E-state index in [9.17, 15) is 13.6 Å². The molecule has 0 amide bonds. The molecule has 1 heterocycles. The molecule has 18 heavy (non-hydrogen) atoms. The normalized spacial score (nSPS) is 10.6. The first kappa shape index (κ1) is 12.2. The highest BCUT2D eigenvalue weighted by Crippen LogP contribution is 2.21. The lowest BCUT2D eigenvalue weighted by molar-refractivity contribution is -0.136. The van der Waals surface area contributed by atoms with Crippen LogP contribution in [-0.4, -0.2) is 20.9 Å². The molecule has 0 atom stereocenters. The van der Waals surface area contributed by atoms with Crippen LogP contribution in [0, 0.1) is 11.6 Å². The van der Waals surface area contributed by atoms with Crippen LogP contribution in [0.25, 0.3) is 11.3 Å². The van der Waals surface area contributed by atoms with E-state index in [1.807, 2.05) is 0 Å². The molecule has 0 saturated carbocycles. The zero-order chi connectivity index (χ0) is 13.3. The van der Waals surface area contributed by atoms with Gasteiger partial charge >= 0.3 is 5.97 Å². The first-order valence-electron chi connectivity index (χ1n) is 5.17. The van der Waals surface area contributed by atoms with Crippen LogP contribution in [-0.2, 0) is 18.3 Å². The maximum absolute atomic E-state index is 13.1. The van der Waals surface area contributed by atoms with Crippen molar-refractivity contribution in [1.82, 2.24) is 9.78 Å². The Balaban J connectivity index is 2.39. The van der Waals surface area contributed by atoms with Crippen LogP contribution in [0.15, 0.2) is 24.3 Å². The number of hydrogen-bond donors (Lipinski definition) is 1. The summed E-state index contributed by atoms with van der Waals surface area (Å²) in [5, 5.41) is 12.8. The van der Waals surface area contributed by atoms with Gasteiger partial charge in [-0.15, -0.1) is 0 Å². The molecule has 1 aromatic carbocycles. The van der Waals surface area contributed by atoms with E-state index >= 15 is 0 Å². The maximum Gasteiger partial charge on any atom is 0.309 e. The summed E-state index contributed by atoms with van der Waals surface area (Å²) in [5.41, 5.74) is 1.30. The summed E-state index contributed by atoms with van der Waals surface area (Å²) in [6.07, 6.45) is -0.173. The molecule has 0 aliphatic rings. The number of halogens is 2. The van der Waals surface area contributed by atoms with Crippen LogP contribution in [0.5, 0.6) is 0 Å². The van der Waals surface area contributed by atoms with Gasteiger partial charge in [-0.2, -0.15) is 5.10 Å². The Labute approximate surface area is 101 Å². The predicted octanol–water partition coefficient (Wildman–Crippen LogP) is 1.99. The number of hydrogen-bond acceptors (Lipinski definition) is 2. The first-order valence-corrected chi connectivity index (χ1v) is 5.17. The molecule has 4 nitrogen and oxygen atoms in total. The number of benzene rings is 1. The van der Waals surface area contributed by atoms with Crippen molar-refractivity contribution in [3.05, 3.63) is 41.6 Å². The monoisotopic (exact) mass is 252 g/mol. The number of carboxylic acid groups (broad SMARTS) is 1. The summed E-state index contributed by atoms with van der Waals surface area (Å²) in [6.45, 7) is 0. The molecular formula is C12H10F2N2O2. The number of aliphatic carboxylic acids is 1. The lowest BCUT2D eigenvalue weighted by atomic mass is 10.1. The van der Waals surface area contributed by atoms with E-state index in [0.29, 0.717) is 17.0 Å². The fourth-order valence-electron chi connectivity index (χ4n) is 1.62. The Morgan fingerprint density at radius 2 is 2.06 bits per heavy atom. The molecular weight excluding hydrogens is 242 g/mol. The smallest absolute Gasteiger partial charge is 0.309 e. The van der Waals surface area contributed by atoms with Gasteiger partial charge in [-0.3, -0.25) is 9.48 Å². The zero-order valence-electron chi connectivity index (χ0n) is 9.52. The van der Waals surface area contributed by atoms with Crippen molar-refractivity contribution in [1.29, 1.82) is 0 Å². The topological polar surface area (TPSA) is 55.1 Å². The molecule has 0 aliphatic carbocycles. The van der Waals surface area contributed by atoms with E-state index in [2.05, 4.69) is 5.10 Å². The van der Waals surface area contributed by atoms with Crippen molar-refractivity contribution >= 4 is 5.97 Å². The standard InChI is InChI=1S/C12H10F2N2O2/c1-16-8(6-12(17)18)5-11(15-16)7-2-3-9(13)10(14)4-7/h2-5H,6H2,1H3,(H,17,18). The summed E-state index contributed by atoms with van der Waals surface area (Å²) >= 11 is 0. The van der Waals surface area contributed by atoms with Gasteiger partial charge in [-0.1, -0.05) is 0 Å². The van der Waals surface area contributed by atoms with Gasteiger partial charge < -0.3 is 5.11 Å². The van der Waals surface area contributed by atoms with Crippen molar-refractivity contribution in [3.8, 4) is 11.3 Å². The number of aromatic nitrogens is 2. The van der Waals surface area contributed by atoms with Gasteiger partial charge in [0.1, 0.15) is 0 Å². The van der Waals surface area contributed by atoms with Gasteiger partial charge in [0.25, 0.3) is 0 Å². The molecule has 0 fully saturated rings. The molecule has 0 bridgehead atoms. The van der Waals surface area contributed by atoms with Gasteiger partial charge in [0.05, 0.1) is 12.1 Å². The van der Waals surface area contributed by atoms with Crippen molar-refractivity contribution in [2.45, 2.75) is 6.42 Å². The van der Waals surface area contributed by atoms with Gasteiger partial charge in [0, 0.05) is 18.3 Å². The third-order valence-corrected chi connectivity index (χ3v) is 2.52. The molecule has 1 aromatic heterocycles. The van der Waals surface area contributed by atoms with Crippen LogP contribution in [0.1, 0.15) is 5.69 Å². The Bertz CT molecular complexity index is 608. The Kier molecular flexibility index (Phi) is 3.10. The Hall–Kier alpha value is -2.24. The van der Waals surface area contributed by atoms with Gasteiger partial charge in [-0.25, -0.2) is 8.78 Å². The van der Waals surface area contributed by atoms with Gasteiger partial charge in [-0.05, 0) is 24.3 Å². The van der Waals surface area contributed by atoms with Crippen LogP contribution < -0.4 is 0 Å². The molecule has 6 heteroatoms. The lowest BCUT2D eigenvalue weighted by Gasteiger charge is -1.97. The van der Waals surface area contributed by atoms with Crippen LogP contribution >= 0.6 is 0 Å². The van der Waals surface area contributed by atoms with Gasteiger partial charge in [0.2, 0.25) is 0 Å². The lowest BCUT2D eigenvalue weighted by Crippen LogP contribution is -2.05. The van der Waals surface area contributed by atoms with Crippen molar-refractivity contribution < 1.29 is 18.7 Å². The molecule has 0 unspecified atom stereocenters. The molecule has 0 aliphatic heterocycles.